The van der Waals surface area contributed by atoms with E-state index in [0.717, 1.165) is 4.47 Å². The fourth-order valence-corrected chi connectivity index (χ4v) is 3.37. The van der Waals surface area contributed by atoms with Crippen LogP contribution in [0.1, 0.15) is 20.8 Å². The summed E-state index contributed by atoms with van der Waals surface area (Å²) in [6, 6.07) is 7.07. The topological polar surface area (TPSA) is 67.8 Å². The van der Waals surface area contributed by atoms with E-state index in [1.165, 1.54) is 0 Å². The van der Waals surface area contributed by atoms with Crippen LogP contribution in [-0.2, 0) is 9.63 Å². The number of oxime groups is 1. The zero-order chi connectivity index (χ0) is 18.8. The van der Waals surface area contributed by atoms with Crippen LogP contribution in [0.2, 0.25) is 0 Å². The number of anilines is 1. The monoisotopic (exact) mass is 534 g/mol. The molecule has 2 rings (SSSR count). The lowest BCUT2D eigenvalue weighted by Gasteiger charge is -2.33. The number of benzene rings is 1. The van der Waals surface area contributed by atoms with Crippen molar-refractivity contribution in [2.75, 3.05) is 5.32 Å². The van der Waals surface area contributed by atoms with Gasteiger partial charge in [0, 0.05) is 15.7 Å². The Labute approximate surface area is 171 Å². The molecular formula is C17H17Br3N2O3. The Morgan fingerprint density at radius 3 is 2.48 bits per heavy atom. The first kappa shape index (κ1) is 20.3. The Morgan fingerprint density at radius 1 is 1.32 bits per heavy atom. The van der Waals surface area contributed by atoms with Crippen molar-refractivity contribution in [2.24, 2.45) is 11.1 Å². The van der Waals surface area contributed by atoms with Gasteiger partial charge in [0.15, 0.2) is 5.78 Å². The van der Waals surface area contributed by atoms with Crippen LogP contribution in [0.3, 0.4) is 0 Å². The van der Waals surface area contributed by atoms with Crippen LogP contribution in [0, 0.1) is 5.92 Å². The average Bonchev–Trinajstić information content (AvgIpc) is 2.54. The molecule has 0 heterocycles. The van der Waals surface area contributed by atoms with Gasteiger partial charge in [0.2, 0.25) is 0 Å². The van der Waals surface area contributed by atoms with Gasteiger partial charge in [-0.1, -0.05) is 66.8 Å². The number of amides is 1. The van der Waals surface area contributed by atoms with Crippen molar-refractivity contribution in [3.63, 3.8) is 0 Å². The van der Waals surface area contributed by atoms with E-state index in [1.54, 1.807) is 37.3 Å². The fourth-order valence-electron chi connectivity index (χ4n) is 2.21. The van der Waals surface area contributed by atoms with Gasteiger partial charge < -0.3 is 0 Å². The summed E-state index contributed by atoms with van der Waals surface area (Å²) in [5.74, 6) is 0.0329. The van der Waals surface area contributed by atoms with Crippen LogP contribution < -0.4 is 5.32 Å². The highest BCUT2D eigenvalue weighted by Gasteiger charge is 2.44. The number of nitrogens with one attached hydrogen (secondary N) is 1. The van der Waals surface area contributed by atoms with E-state index in [2.05, 4.69) is 58.3 Å². The van der Waals surface area contributed by atoms with Crippen LogP contribution in [0.5, 0.6) is 0 Å². The summed E-state index contributed by atoms with van der Waals surface area (Å²) in [5, 5.41) is 6.54. The molecule has 0 saturated carbocycles. The molecule has 25 heavy (non-hydrogen) atoms. The summed E-state index contributed by atoms with van der Waals surface area (Å²) in [5.41, 5.74) is 1.68. The number of allylic oxidation sites excluding steroid dienone is 2. The lowest BCUT2D eigenvalue weighted by molar-refractivity contribution is -0.115. The molecule has 0 unspecified atom stereocenters. The molecule has 1 aromatic carbocycles. The number of rotatable bonds is 3. The highest BCUT2D eigenvalue weighted by Crippen LogP contribution is 2.38. The lowest BCUT2D eigenvalue weighted by Crippen LogP contribution is -2.46. The van der Waals surface area contributed by atoms with E-state index in [1.807, 2.05) is 13.8 Å². The van der Waals surface area contributed by atoms with Gasteiger partial charge in [-0.05, 0) is 43.2 Å². The van der Waals surface area contributed by atoms with Gasteiger partial charge in [-0.3, -0.25) is 14.9 Å². The molecule has 0 spiro atoms. The third-order valence-corrected chi connectivity index (χ3v) is 7.06. The summed E-state index contributed by atoms with van der Waals surface area (Å²) in [7, 11) is 0. The molecule has 1 aromatic rings. The molecule has 1 aliphatic rings. The van der Waals surface area contributed by atoms with E-state index in [0.29, 0.717) is 17.0 Å². The molecule has 1 N–H and O–H groups in total. The lowest BCUT2D eigenvalue weighted by atomic mass is 9.83. The summed E-state index contributed by atoms with van der Waals surface area (Å²) in [6.45, 7) is 5.66. The van der Waals surface area contributed by atoms with Gasteiger partial charge >= 0.3 is 6.09 Å². The standard InChI is InChI=1S/C17H17Br3N2O3/c1-9(2)12-8-13(17(3,20)15(19)14(12)23)22-25-16(24)21-11-6-4-10(18)5-7-11/h4-9,15H,1-3H3,(H,21,24)/b22-13-/t15-,17-/m1/s1. The third-order valence-electron chi connectivity index (χ3n) is 3.72. The number of nitrogens with zero attached hydrogens (tertiary/aromatic N) is 1. The maximum Gasteiger partial charge on any atom is 0.437 e. The summed E-state index contributed by atoms with van der Waals surface area (Å²) in [6.07, 6.45) is 0.965. The molecule has 134 valence electrons. The first-order valence-corrected chi connectivity index (χ1v) is 10.0. The van der Waals surface area contributed by atoms with Crippen molar-refractivity contribution in [1.82, 2.24) is 0 Å². The molecule has 1 aliphatic carbocycles. The van der Waals surface area contributed by atoms with Crippen LogP contribution in [0.4, 0.5) is 10.5 Å². The molecule has 0 fully saturated rings. The number of hydrogen-bond acceptors (Lipinski definition) is 4. The number of carbonyl (C=O) groups excluding carboxylic acids is 2. The van der Waals surface area contributed by atoms with Gasteiger partial charge in [0.1, 0.15) is 0 Å². The van der Waals surface area contributed by atoms with E-state index in [-0.39, 0.29) is 11.7 Å². The molecule has 8 heteroatoms. The van der Waals surface area contributed by atoms with E-state index < -0.39 is 15.2 Å². The SMILES string of the molecule is CC(C)C1=C/C(=N/OC(=O)Nc2ccc(Br)cc2)[C@@](C)(Br)[C@H](Br)C1=O. The highest BCUT2D eigenvalue weighted by molar-refractivity contribution is 9.13. The largest absolute Gasteiger partial charge is 0.437 e. The quantitative estimate of drug-likeness (QED) is 0.318. The number of Topliss-reactive ketones (excluding diaryl/α,β-unsaturated/α-hetero) is 1. The molecule has 0 bridgehead atoms. The normalized spacial score (nSPS) is 25.1. The second-order valence-electron chi connectivity index (χ2n) is 6.04. The number of carbonyl (C=O) groups is 2. The molecule has 5 nitrogen and oxygen atoms in total. The van der Waals surface area contributed by atoms with Gasteiger partial charge in [0.25, 0.3) is 0 Å². The summed E-state index contributed by atoms with van der Waals surface area (Å²) < 4.78 is 0.128. The van der Waals surface area contributed by atoms with Crippen molar-refractivity contribution < 1.29 is 14.4 Å². The van der Waals surface area contributed by atoms with Gasteiger partial charge in [-0.25, -0.2) is 4.79 Å². The second-order valence-corrected chi connectivity index (χ2v) is 9.52. The Bertz CT molecular complexity index is 740. The molecule has 1 amide bonds. The van der Waals surface area contributed by atoms with Gasteiger partial charge in [0.05, 0.1) is 14.9 Å². The third kappa shape index (κ3) is 4.80. The second kappa shape index (κ2) is 8.14. The van der Waals surface area contributed by atoms with Gasteiger partial charge in [-0.15, -0.1) is 0 Å². The highest BCUT2D eigenvalue weighted by atomic mass is 79.9. The average molecular weight is 537 g/mol. The predicted molar refractivity (Wildman–Crippen MR) is 110 cm³/mol. The Balaban J connectivity index is 2.18. The van der Waals surface area contributed by atoms with Gasteiger partial charge in [-0.2, -0.15) is 0 Å². The predicted octanol–water partition coefficient (Wildman–Crippen LogP) is 5.44. The smallest absolute Gasteiger partial charge is 0.297 e. The maximum atomic E-state index is 12.4. The summed E-state index contributed by atoms with van der Waals surface area (Å²) in [4.78, 5) is 28.8. The molecule has 0 saturated heterocycles. The number of ketones is 1. The first-order valence-electron chi connectivity index (χ1n) is 7.53. The van der Waals surface area contributed by atoms with Crippen molar-refractivity contribution in [3.05, 3.63) is 40.4 Å². The van der Waals surface area contributed by atoms with E-state index in [9.17, 15) is 9.59 Å². The number of halogens is 3. The van der Waals surface area contributed by atoms with Crippen molar-refractivity contribution in [2.45, 2.75) is 29.9 Å². The minimum Gasteiger partial charge on any atom is -0.297 e. The molecular weight excluding hydrogens is 520 g/mol. The van der Waals surface area contributed by atoms with E-state index >= 15 is 0 Å². The first-order chi connectivity index (χ1) is 11.6. The molecule has 0 aromatic heterocycles. The fraction of sp³-hybridized carbons (Fsp3) is 0.353. The van der Waals surface area contributed by atoms with Crippen LogP contribution in [0.15, 0.2) is 45.5 Å². The van der Waals surface area contributed by atoms with Crippen molar-refractivity contribution in [3.8, 4) is 0 Å². The van der Waals surface area contributed by atoms with Crippen molar-refractivity contribution in [1.29, 1.82) is 0 Å². The number of hydrogen-bond donors (Lipinski definition) is 1. The Morgan fingerprint density at radius 2 is 1.92 bits per heavy atom. The number of alkyl halides is 2. The minimum absolute atomic E-state index is 0.00682. The maximum absolute atomic E-state index is 12.4. The molecule has 0 aliphatic heterocycles. The van der Waals surface area contributed by atoms with Crippen LogP contribution in [-0.4, -0.2) is 26.7 Å². The Kier molecular flexibility index (Phi) is 6.62. The van der Waals surface area contributed by atoms with Crippen LogP contribution in [0.25, 0.3) is 0 Å². The Hall–Kier alpha value is -0.990. The molecule has 2 atom stereocenters. The molecule has 0 radical (unpaired) electrons. The minimum atomic E-state index is -0.777. The van der Waals surface area contributed by atoms with E-state index in [4.69, 9.17) is 4.84 Å². The van der Waals surface area contributed by atoms with Crippen LogP contribution >= 0.6 is 47.8 Å². The zero-order valence-corrected chi connectivity index (χ0v) is 18.6. The zero-order valence-electron chi connectivity index (χ0n) is 13.8. The summed E-state index contributed by atoms with van der Waals surface area (Å²) >= 11 is 10.2. The van der Waals surface area contributed by atoms with Crippen molar-refractivity contribution >= 4 is 71.1 Å².